The minimum atomic E-state index is 0.340. The second-order valence-electron chi connectivity index (χ2n) is 9.96. The molecule has 0 aromatic carbocycles. The maximum atomic E-state index is 12.7. The molecule has 4 aliphatic rings. The highest BCUT2D eigenvalue weighted by Crippen LogP contribution is 2.57. The minimum absolute atomic E-state index is 0.340. The molecule has 1 aliphatic heterocycles. The zero-order valence-electron chi connectivity index (χ0n) is 16.4. The molecular formula is C22H38N2O. The van der Waals surface area contributed by atoms with Gasteiger partial charge >= 0.3 is 0 Å². The van der Waals surface area contributed by atoms with E-state index in [2.05, 4.69) is 24.1 Å². The summed E-state index contributed by atoms with van der Waals surface area (Å²) in [7, 11) is 0. The number of hydrogen-bond donors (Lipinski definition) is 1. The third-order valence-corrected chi connectivity index (χ3v) is 8.18. The van der Waals surface area contributed by atoms with Gasteiger partial charge in [-0.3, -0.25) is 4.79 Å². The van der Waals surface area contributed by atoms with Crippen LogP contribution in [0.15, 0.2) is 0 Å². The Morgan fingerprint density at radius 3 is 2.24 bits per heavy atom. The number of nitrogens with one attached hydrogen (secondary N) is 1. The Hall–Kier alpha value is -0.570. The highest BCUT2D eigenvalue weighted by molar-refractivity contribution is 5.79. The quantitative estimate of drug-likeness (QED) is 0.823. The van der Waals surface area contributed by atoms with Gasteiger partial charge < -0.3 is 10.2 Å². The molecule has 3 nitrogen and oxygen atoms in total. The molecule has 1 amide bonds. The van der Waals surface area contributed by atoms with Crippen LogP contribution in [0.1, 0.15) is 84.5 Å². The predicted molar refractivity (Wildman–Crippen MR) is 102 cm³/mol. The lowest BCUT2D eigenvalue weighted by atomic mass is 9.47. The summed E-state index contributed by atoms with van der Waals surface area (Å²) in [6.07, 6.45) is 14.2. The van der Waals surface area contributed by atoms with E-state index in [4.69, 9.17) is 0 Å². The van der Waals surface area contributed by atoms with E-state index in [-0.39, 0.29) is 0 Å². The highest BCUT2D eigenvalue weighted by atomic mass is 16.2. The summed E-state index contributed by atoms with van der Waals surface area (Å²) in [6, 6.07) is 1.34. The molecule has 0 bridgehead atoms. The fourth-order valence-corrected chi connectivity index (χ4v) is 6.61. The second-order valence-corrected chi connectivity index (χ2v) is 9.96. The summed E-state index contributed by atoms with van der Waals surface area (Å²) in [4.78, 5) is 14.9. The molecule has 0 aromatic heterocycles. The molecule has 3 aliphatic carbocycles. The lowest BCUT2D eigenvalue weighted by molar-refractivity contribution is -0.138. The predicted octanol–water partition coefficient (Wildman–Crippen LogP) is 4.36. The van der Waals surface area contributed by atoms with Gasteiger partial charge in [0, 0.05) is 31.1 Å². The first-order valence-corrected chi connectivity index (χ1v) is 11.1. The number of carbonyl (C=O) groups is 1. The van der Waals surface area contributed by atoms with Gasteiger partial charge in [-0.05, 0) is 55.8 Å². The fourth-order valence-electron chi connectivity index (χ4n) is 6.61. The molecule has 25 heavy (non-hydrogen) atoms. The van der Waals surface area contributed by atoms with Gasteiger partial charge in [0.15, 0.2) is 0 Å². The van der Waals surface area contributed by atoms with Gasteiger partial charge in [0.05, 0.1) is 0 Å². The molecule has 1 saturated heterocycles. The topological polar surface area (TPSA) is 32.3 Å². The van der Waals surface area contributed by atoms with Crippen LogP contribution in [-0.4, -0.2) is 36.0 Å². The molecule has 3 atom stereocenters. The lowest BCUT2D eigenvalue weighted by Crippen LogP contribution is -2.67. The highest BCUT2D eigenvalue weighted by Gasteiger charge is 2.56. The van der Waals surface area contributed by atoms with Crippen LogP contribution in [0.2, 0.25) is 0 Å². The standard InChI is InChI=1S/C22H38N2O/c1-22(2)19-11-7-6-10-18(19)20(22)23-17-12-14-24(15-13-17)21(25)16-8-4-3-5-9-16/h16-20,23H,3-15H2,1-2H3/t18-,19+,20+/m1/s1. The van der Waals surface area contributed by atoms with Crippen molar-refractivity contribution in [2.24, 2.45) is 23.2 Å². The second kappa shape index (κ2) is 7.21. The number of piperidine rings is 1. The third-order valence-electron chi connectivity index (χ3n) is 8.18. The number of nitrogens with zero attached hydrogens (tertiary/aromatic N) is 1. The van der Waals surface area contributed by atoms with Crippen molar-refractivity contribution >= 4 is 5.91 Å². The van der Waals surface area contributed by atoms with Crippen LogP contribution in [0.5, 0.6) is 0 Å². The number of likely N-dealkylation sites (tertiary alicyclic amines) is 1. The molecule has 4 rings (SSSR count). The number of fused-ring (bicyclic) bond motifs is 1. The Kier molecular flexibility index (Phi) is 5.14. The maximum Gasteiger partial charge on any atom is 0.225 e. The summed E-state index contributed by atoms with van der Waals surface area (Å²) in [5, 5.41) is 4.05. The van der Waals surface area contributed by atoms with E-state index in [1.54, 1.807) is 0 Å². The Morgan fingerprint density at radius 2 is 1.52 bits per heavy atom. The van der Waals surface area contributed by atoms with Gasteiger partial charge in [-0.15, -0.1) is 0 Å². The normalized spacial score (nSPS) is 36.6. The van der Waals surface area contributed by atoms with Crippen molar-refractivity contribution in [3.8, 4) is 0 Å². The number of carbonyl (C=O) groups excluding carboxylic acids is 1. The third kappa shape index (κ3) is 3.38. The zero-order chi connectivity index (χ0) is 17.4. The molecule has 1 N–H and O–H groups in total. The molecule has 0 unspecified atom stereocenters. The van der Waals surface area contributed by atoms with Crippen LogP contribution in [0, 0.1) is 23.2 Å². The lowest BCUT2D eigenvalue weighted by Gasteiger charge is -2.62. The number of amides is 1. The molecule has 3 heteroatoms. The van der Waals surface area contributed by atoms with Gasteiger partial charge in [0.2, 0.25) is 5.91 Å². The first-order valence-electron chi connectivity index (χ1n) is 11.1. The van der Waals surface area contributed by atoms with E-state index < -0.39 is 0 Å². The van der Waals surface area contributed by atoms with E-state index >= 15 is 0 Å². The number of rotatable bonds is 3. The van der Waals surface area contributed by atoms with Gasteiger partial charge in [-0.25, -0.2) is 0 Å². The molecule has 4 fully saturated rings. The smallest absolute Gasteiger partial charge is 0.225 e. The molecule has 142 valence electrons. The molecule has 0 spiro atoms. The summed E-state index contributed by atoms with van der Waals surface area (Å²) < 4.78 is 0. The van der Waals surface area contributed by atoms with Crippen LogP contribution in [0.25, 0.3) is 0 Å². The Bertz CT molecular complexity index is 474. The van der Waals surface area contributed by atoms with Gasteiger partial charge in [0.25, 0.3) is 0 Å². The SMILES string of the molecule is CC1(C)[C@H]2CCCC[C@H]2[C@@H]1NC1CCN(C(=O)C2CCCCC2)CC1. The van der Waals surface area contributed by atoms with Crippen molar-refractivity contribution in [3.05, 3.63) is 0 Å². The van der Waals surface area contributed by atoms with E-state index in [0.29, 0.717) is 29.3 Å². The van der Waals surface area contributed by atoms with E-state index in [1.807, 2.05) is 0 Å². The van der Waals surface area contributed by atoms with E-state index in [9.17, 15) is 4.79 Å². The van der Waals surface area contributed by atoms with Gasteiger partial charge in [-0.2, -0.15) is 0 Å². The summed E-state index contributed by atoms with van der Waals surface area (Å²) in [5.74, 6) is 2.68. The van der Waals surface area contributed by atoms with Crippen molar-refractivity contribution in [2.45, 2.75) is 96.6 Å². The maximum absolute atomic E-state index is 12.7. The molecular weight excluding hydrogens is 308 g/mol. The molecule has 1 heterocycles. The average molecular weight is 347 g/mol. The van der Waals surface area contributed by atoms with Crippen molar-refractivity contribution in [2.75, 3.05) is 13.1 Å². The van der Waals surface area contributed by atoms with Crippen molar-refractivity contribution in [1.29, 1.82) is 0 Å². The van der Waals surface area contributed by atoms with Crippen LogP contribution in [0.3, 0.4) is 0 Å². The summed E-state index contributed by atoms with van der Waals surface area (Å²) in [6.45, 7) is 6.93. The van der Waals surface area contributed by atoms with Crippen LogP contribution >= 0.6 is 0 Å². The van der Waals surface area contributed by atoms with Crippen LogP contribution in [0.4, 0.5) is 0 Å². The Morgan fingerprint density at radius 1 is 0.880 bits per heavy atom. The molecule has 0 radical (unpaired) electrons. The van der Waals surface area contributed by atoms with Crippen molar-refractivity contribution in [3.63, 3.8) is 0 Å². The summed E-state index contributed by atoms with van der Waals surface area (Å²) >= 11 is 0. The number of hydrogen-bond acceptors (Lipinski definition) is 2. The largest absolute Gasteiger partial charge is 0.342 e. The van der Waals surface area contributed by atoms with Crippen LogP contribution < -0.4 is 5.32 Å². The van der Waals surface area contributed by atoms with Crippen molar-refractivity contribution in [1.82, 2.24) is 10.2 Å². The monoisotopic (exact) mass is 346 g/mol. The minimum Gasteiger partial charge on any atom is -0.342 e. The Balaban J connectivity index is 1.27. The Labute approximate surface area is 154 Å². The van der Waals surface area contributed by atoms with Crippen molar-refractivity contribution < 1.29 is 4.79 Å². The zero-order valence-corrected chi connectivity index (χ0v) is 16.4. The molecule has 0 aromatic rings. The first kappa shape index (κ1) is 17.8. The van der Waals surface area contributed by atoms with Gasteiger partial charge in [0.1, 0.15) is 0 Å². The first-order chi connectivity index (χ1) is 12.1. The molecule has 3 saturated carbocycles. The van der Waals surface area contributed by atoms with Crippen LogP contribution in [-0.2, 0) is 4.79 Å². The summed E-state index contributed by atoms with van der Waals surface area (Å²) in [5.41, 5.74) is 0.472. The van der Waals surface area contributed by atoms with E-state index in [1.165, 1.54) is 44.9 Å². The van der Waals surface area contributed by atoms with Gasteiger partial charge in [-0.1, -0.05) is 46.0 Å². The fraction of sp³-hybridized carbons (Fsp3) is 0.955. The van der Waals surface area contributed by atoms with E-state index in [0.717, 1.165) is 50.6 Å². The average Bonchev–Trinajstić information content (AvgIpc) is 2.67.